The van der Waals surface area contributed by atoms with Crippen molar-refractivity contribution in [2.24, 2.45) is 0 Å². The number of fused-ring (bicyclic) bond motifs is 3. The first-order chi connectivity index (χ1) is 14.6. The molecule has 2 aromatic carbocycles. The molecule has 2 N–H and O–H groups in total. The topological polar surface area (TPSA) is 98.2 Å². The number of carbonyl (C=O) groups is 1. The first-order valence-electron chi connectivity index (χ1n) is 9.55. The zero-order chi connectivity index (χ0) is 21.1. The fourth-order valence-electron chi connectivity index (χ4n) is 3.49. The van der Waals surface area contributed by atoms with Gasteiger partial charge in [-0.2, -0.15) is 5.10 Å². The Bertz CT molecular complexity index is 1280. The van der Waals surface area contributed by atoms with Crippen LogP contribution in [0.1, 0.15) is 5.56 Å². The van der Waals surface area contributed by atoms with Crippen LogP contribution in [0.3, 0.4) is 0 Å². The molecule has 0 saturated heterocycles. The van der Waals surface area contributed by atoms with E-state index in [2.05, 4.69) is 15.4 Å². The summed E-state index contributed by atoms with van der Waals surface area (Å²) < 4.78 is 11.8. The molecule has 4 aromatic rings. The zero-order valence-corrected chi connectivity index (χ0v) is 16.8. The van der Waals surface area contributed by atoms with Gasteiger partial charge in [-0.1, -0.05) is 18.2 Å². The van der Waals surface area contributed by atoms with Gasteiger partial charge in [0.05, 0.1) is 20.4 Å². The number of aromatic nitrogens is 3. The van der Waals surface area contributed by atoms with Gasteiger partial charge in [0, 0.05) is 22.8 Å². The van der Waals surface area contributed by atoms with Crippen LogP contribution in [0.25, 0.3) is 21.8 Å². The van der Waals surface area contributed by atoms with E-state index in [0.29, 0.717) is 18.5 Å². The van der Waals surface area contributed by atoms with Gasteiger partial charge in [0.2, 0.25) is 5.91 Å². The highest BCUT2D eigenvalue weighted by Gasteiger charge is 2.12. The lowest BCUT2D eigenvalue weighted by molar-refractivity contribution is -0.121. The molecule has 2 heterocycles. The number of amides is 1. The van der Waals surface area contributed by atoms with Gasteiger partial charge in [-0.3, -0.25) is 9.59 Å². The second kappa shape index (κ2) is 8.28. The first kappa shape index (κ1) is 19.5. The van der Waals surface area contributed by atoms with Gasteiger partial charge in [0.1, 0.15) is 23.6 Å². The molecule has 0 aliphatic carbocycles. The number of hydrogen-bond donors (Lipinski definition) is 2. The Labute approximate surface area is 172 Å². The van der Waals surface area contributed by atoms with E-state index in [1.54, 1.807) is 20.4 Å². The van der Waals surface area contributed by atoms with Gasteiger partial charge in [-0.15, -0.1) is 0 Å². The van der Waals surface area contributed by atoms with E-state index in [1.807, 2.05) is 42.5 Å². The second-order valence-electron chi connectivity index (χ2n) is 6.84. The number of methoxy groups -OCH3 is 2. The van der Waals surface area contributed by atoms with Gasteiger partial charge < -0.3 is 19.8 Å². The number of nitrogens with one attached hydrogen (secondary N) is 2. The van der Waals surface area contributed by atoms with Crippen LogP contribution in [0.15, 0.2) is 53.5 Å². The molecule has 8 nitrogen and oxygen atoms in total. The Morgan fingerprint density at radius 3 is 2.77 bits per heavy atom. The van der Waals surface area contributed by atoms with Crippen molar-refractivity contribution in [3.05, 3.63) is 64.6 Å². The molecule has 0 radical (unpaired) electrons. The van der Waals surface area contributed by atoms with Crippen LogP contribution in [-0.2, 0) is 17.8 Å². The predicted molar refractivity (Wildman–Crippen MR) is 114 cm³/mol. The molecular weight excluding hydrogens is 384 g/mol. The summed E-state index contributed by atoms with van der Waals surface area (Å²) in [7, 11) is 3.20. The maximum Gasteiger partial charge on any atom is 0.291 e. The van der Waals surface area contributed by atoms with E-state index in [0.717, 1.165) is 33.4 Å². The summed E-state index contributed by atoms with van der Waals surface area (Å²) >= 11 is 0. The molecule has 0 atom stereocenters. The molecule has 0 bridgehead atoms. The van der Waals surface area contributed by atoms with Crippen molar-refractivity contribution in [3.8, 4) is 11.5 Å². The number of benzene rings is 2. The summed E-state index contributed by atoms with van der Waals surface area (Å²) in [4.78, 5) is 28.2. The molecule has 0 aliphatic rings. The molecule has 0 saturated carbocycles. The van der Waals surface area contributed by atoms with Gasteiger partial charge in [-0.25, -0.2) is 4.68 Å². The molecule has 154 valence electrons. The number of H-pyrrole nitrogens is 1. The van der Waals surface area contributed by atoms with Crippen LogP contribution in [0.5, 0.6) is 11.5 Å². The normalized spacial score (nSPS) is 11.0. The molecule has 2 aromatic heterocycles. The summed E-state index contributed by atoms with van der Waals surface area (Å²) in [6.07, 6.45) is 2.18. The van der Waals surface area contributed by atoms with Crippen LogP contribution in [0.2, 0.25) is 0 Å². The average molecular weight is 406 g/mol. The molecule has 30 heavy (non-hydrogen) atoms. The van der Waals surface area contributed by atoms with Crippen LogP contribution in [0, 0.1) is 0 Å². The Kier molecular flexibility index (Phi) is 5.38. The third-order valence-corrected chi connectivity index (χ3v) is 5.02. The Morgan fingerprint density at radius 1 is 1.13 bits per heavy atom. The van der Waals surface area contributed by atoms with E-state index in [4.69, 9.17) is 9.47 Å². The summed E-state index contributed by atoms with van der Waals surface area (Å²) in [5.74, 6) is 1.16. The first-order valence-corrected chi connectivity index (χ1v) is 9.55. The van der Waals surface area contributed by atoms with Crippen molar-refractivity contribution in [2.45, 2.75) is 13.0 Å². The average Bonchev–Trinajstić information content (AvgIpc) is 3.15. The monoisotopic (exact) mass is 406 g/mol. The summed E-state index contributed by atoms with van der Waals surface area (Å²) in [6.45, 7) is 0.241. The van der Waals surface area contributed by atoms with Crippen LogP contribution in [-0.4, -0.2) is 41.4 Å². The molecule has 1 amide bonds. The minimum absolute atomic E-state index is 0.153. The number of para-hydroxylation sites is 1. The Morgan fingerprint density at radius 2 is 1.97 bits per heavy atom. The van der Waals surface area contributed by atoms with Gasteiger partial charge in [-0.05, 0) is 36.2 Å². The van der Waals surface area contributed by atoms with Gasteiger partial charge in [0.15, 0.2) is 0 Å². The maximum atomic E-state index is 12.7. The third-order valence-electron chi connectivity index (χ3n) is 5.02. The fourth-order valence-corrected chi connectivity index (χ4v) is 3.49. The molecule has 0 fully saturated rings. The Hall–Kier alpha value is -3.81. The van der Waals surface area contributed by atoms with Crippen LogP contribution >= 0.6 is 0 Å². The van der Waals surface area contributed by atoms with Gasteiger partial charge >= 0.3 is 0 Å². The number of hydrogen-bond acceptors (Lipinski definition) is 5. The number of rotatable bonds is 7. The van der Waals surface area contributed by atoms with E-state index in [9.17, 15) is 9.59 Å². The van der Waals surface area contributed by atoms with Crippen LogP contribution in [0.4, 0.5) is 0 Å². The fraction of sp³-hybridized carbons (Fsp3) is 0.227. The summed E-state index contributed by atoms with van der Waals surface area (Å²) in [6, 6.07) is 13.2. The van der Waals surface area contributed by atoms with Crippen molar-refractivity contribution in [2.75, 3.05) is 20.8 Å². The molecule has 0 spiro atoms. The third kappa shape index (κ3) is 3.71. The number of nitrogens with zero attached hydrogens (tertiary/aromatic N) is 2. The minimum atomic E-state index is -0.326. The van der Waals surface area contributed by atoms with Crippen LogP contribution < -0.4 is 20.3 Å². The number of carbonyl (C=O) groups excluding carboxylic acids is 1. The molecule has 0 unspecified atom stereocenters. The molecule has 8 heteroatoms. The predicted octanol–water partition coefficient (Wildman–Crippen LogP) is 2.25. The van der Waals surface area contributed by atoms with Crippen molar-refractivity contribution < 1.29 is 14.3 Å². The highest BCUT2D eigenvalue weighted by molar-refractivity contribution is 6.06. The van der Waals surface area contributed by atoms with E-state index < -0.39 is 0 Å². The molecule has 4 rings (SSSR count). The smallest absolute Gasteiger partial charge is 0.291 e. The number of ether oxygens (including phenoxy) is 2. The van der Waals surface area contributed by atoms with Gasteiger partial charge in [0.25, 0.3) is 5.56 Å². The standard InChI is InChI=1S/C22H22N4O4/c1-29-15-7-8-19(30-2)14(11-15)9-10-23-20(27)13-26-22(28)21-17(12-24-26)16-5-3-4-6-18(16)25-21/h3-8,11-12,25H,9-10,13H2,1-2H3,(H,23,27). The van der Waals surface area contributed by atoms with Crippen molar-refractivity contribution in [1.82, 2.24) is 20.1 Å². The van der Waals surface area contributed by atoms with E-state index in [1.165, 1.54) is 4.68 Å². The Balaban J connectivity index is 1.44. The van der Waals surface area contributed by atoms with Crippen molar-refractivity contribution in [1.29, 1.82) is 0 Å². The lowest BCUT2D eigenvalue weighted by Crippen LogP contribution is -2.34. The molecule has 0 aliphatic heterocycles. The van der Waals surface area contributed by atoms with Crippen molar-refractivity contribution >= 4 is 27.7 Å². The van der Waals surface area contributed by atoms with E-state index >= 15 is 0 Å². The number of aromatic amines is 1. The highest BCUT2D eigenvalue weighted by atomic mass is 16.5. The largest absolute Gasteiger partial charge is 0.497 e. The zero-order valence-electron chi connectivity index (χ0n) is 16.8. The van der Waals surface area contributed by atoms with Crippen molar-refractivity contribution in [3.63, 3.8) is 0 Å². The summed E-state index contributed by atoms with van der Waals surface area (Å²) in [5, 5.41) is 8.68. The summed E-state index contributed by atoms with van der Waals surface area (Å²) in [5.41, 5.74) is 1.90. The maximum absolute atomic E-state index is 12.7. The van der Waals surface area contributed by atoms with E-state index in [-0.39, 0.29) is 18.0 Å². The molecular formula is C22H22N4O4. The second-order valence-corrected chi connectivity index (χ2v) is 6.84. The quantitative estimate of drug-likeness (QED) is 0.491. The highest BCUT2D eigenvalue weighted by Crippen LogP contribution is 2.24. The minimum Gasteiger partial charge on any atom is -0.497 e. The lowest BCUT2D eigenvalue weighted by atomic mass is 10.1. The lowest BCUT2D eigenvalue weighted by Gasteiger charge is -2.11. The SMILES string of the molecule is COc1ccc(OC)c(CCNC(=O)Cn2ncc3c([nH]c4ccccc43)c2=O)c1.